The first kappa shape index (κ1) is 8.60. The highest BCUT2D eigenvalue weighted by atomic mass is 79.9. The molecule has 2 N–H and O–H groups in total. The predicted octanol–water partition coefficient (Wildman–Crippen LogP) is 2.96. The van der Waals surface area contributed by atoms with Gasteiger partial charge in [0.15, 0.2) is 0 Å². The van der Waals surface area contributed by atoms with Gasteiger partial charge in [0.25, 0.3) is 0 Å². The summed E-state index contributed by atoms with van der Waals surface area (Å²) in [5.74, 6) is 0. The molecule has 0 unspecified atom stereocenters. The Morgan fingerprint density at radius 1 is 1.18 bits per heavy atom. The topological polar surface area (TPSA) is 26.0 Å². The molecule has 0 aromatic heterocycles. The lowest BCUT2D eigenvalue weighted by molar-refractivity contribution is 1.26. The van der Waals surface area contributed by atoms with Crippen LogP contribution < -0.4 is 5.73 Å². The van der Waals surface area contributed by atoms with Crippen LogP contribution in [0, 0.1) is 20.8 Å². The SMILES string of the molecule is Cc1cc(Br)c(N)c(C)c1C. The fraction of sp³-hybridized carbons (Fsp3) is 0.333. The molecule has 0 heterocycles. The van der Waals surface area contributed by atoms with Crippen LogP contribution in [0.25, 0.3) is 0 Å². The van der Waals surface area contributed by atoms with Crippen molar-refractivity contribution in [3.63, 3.8) is 0 Å². The van der Waals surface area contributed by atoms with E-state index < -0.39 is 0 Å². The highest BCUT2D eigenvalue weighted by molar-refractivity contribution is 9.10. The number of aryl methyl sites for hydroxylation is 1. The molecule has 0 aliphatic heterocycles. The molecule has 0 aliphatic rings. The Balaban J connectivity index is 3.46. The fourth-order valence-electron chi connectivity index (χ4n) is 1.05. The fourth-order valence-corrected chi connectivity index (χ4v) is 1.69. The van der Waals surface area contributed by atoms with Gasteiger partial charge in [-0.05, 0) is 59.5 Å². The third-order valence-corrected chi connectivity index (χ3v) is 2.81. The summed E-state index contributed by atoms with van der Waals surface area (Å²) in [6, 6.07) is 2.05. The molecular weight excluding hydrogens is 202 g/mol. The minimum absolute atomic E-state index is 0.855. The summed E-state index contributed by atoms with van der Waals surface area (Å²) in [4.78, 5) is 0. The van der Waals surface area contributed by atoms with Crippen molar-refractivity contribution < 1.29 is 0 Å². The molecule has 11 heavy (non-hydrogen) atoms. The Morgan fingerprint density at radius 3 is 2.27 bits per heavy atom. The van der Waals surface area contributed by atoms with Crippen molar-refractivity contribution in [1.82, 2.24) is 0 Å². The van der Waals surface area contributed by atoms with Crippen LogP contribution in [-0.4, -0.2) is 0 Å². The number of benzene rings is 1. The molecule has 0 aliphatic carbocycles. The van der Waals surface area contributed by atoms with Gasteiger partial charge in [-0.1, -0.05) is 0 Å². The molecule has 1 aromatic rings. The van der Waals surface area contributed by atoms with Crippen LogP contribution in [-0.2, 0) is 0 Å². The van der Waals surface area contributed by atoms with Crippen molar-refractivity contribution in [3.05, 3.63) is 27.2 Å². The highest BCUT2D eigenvalue weighted by Gasteiger charge is 2.04. The van der Waals surface area contributed by atoms with Crippen LogP contribution in [0.3, 0.4) is 0 Å². The Bertz CT molecular complexity index is 266. The van der Waals surface area contributed by atoms with Crippen LogP contribution in [0.5, 0.6) is 0 Å². The van der Waals surface area contributed by atoms with Crippen LogP contribution >= 0.6 is 15.9 Å². The van der Waals surface area contributed by atoms with Crippen LogP contribution in [0.4, 0.5) is 5.69 Å². The second-order valence-electron chi connectivity index (χ2n) is 2.84. The van der Waals surface area contributed by atoms with E-state index in [0.29, 0.717) is 0 Å². The van der Waals surface area contributed by atoms with E-state index in [9.17, 15) is 0 Å². The Kier molecular flexibility index (Phi) is 2.23. The molecule has 0 fully saturated rings. The lowest BCUT2D eigenvalue weighted by Crippen LogP contribution is -1.95. The van der Waals surface area contributed by atoms with E-state index in [1.54, 1.807) is 0 Å². The standard InChI is InChI=1S/C9H12BrN/c1-5-4-8(10)9(11)7(3)6(5)2/h4H,11H2,1-3H3. The minimum Gasteiger partial charge on any atom is -0.398 e. The van der Waals surface area contributed by atoms with E-state index in [0.717, 1.165) is 10.2 Å². The van der Waals surface area contributed by atoms with Gasteiger partial charge in [0.05, 0.1) is 0 Å². The van der Waals surface area contributed by atoms with Gasteiger partial charge in [-0.3, -0.25) is 0 Å². The minimum atomic E-state index is 0.855. The van der Waals surface area contributed by atoms with E-state index in [1.165, 1.54) is 16.7 Å². The number of halogens is 1. The second kappa shape index (κ2) is 2.86. The second-order valence-corrected chi connectivity index (χ2v) is 3.69. The molecule has 0 spiro atoms. The summed E-state index contributed by atoms with van der Waals surface area (Å²) in [6.07, 6.45) is 0. The van der Waals surface area contributed by atoms with Crippen LogP contribution in [0.2, 0.25) is 0 Å². The van der Waals surface area contributed by atoms with Gasteiger partial charge < -0.3 is 5.73 Å². The highest BCUT2D eigenvalue weighted by Crippen LogP contribution is 2.27. The van der Waals surface area contributed by atoms with E-state index in [1.807, 2.05) is 6.92 Å². The van der Waals surface area contributed by atoms with Crippen LogP contribution in [0.15, 0.2) is 10.5 Å². The molecule has 0 atom stereocenters. The largest absolute Gasteiger partial charge is 0.398 e. The van der Waals surface area contributed by atoms with Gasteiger partial charge in [-0.25, -0.2) is 0 Å². The molecule has 1 nitrogen and oxygen atoms in total. The predicted molar refractivity (Wildman–Crippen MR) is 52.8 cm³/mol. The summed E-state index contributed by atoms with van der Waals surface area (Å²) in [5, 5.41) is 0. The molecule has 0 bridgehead atoms. The third-order valence-electron chi connectivity index (χ3n) is 2.16. The zero-order chi connectivity index (χ0) is 8.59. The zero-order valence-corrected chi connectivity index (χ0v) is 8.62. The molecule has 60 valence electrons. The van der Waals surface area contributed by atoms with Gasteiger partial charge in [0.2, 0.25) is 0 Å². The van der Waals surface area contributed by atoms with Crippen molar-refractivity contribution in [2.45, 2.75) is 20.8 Å². The van der Waals surface area contributed by atoms with Gasteiger partial charge in [-0.2, -0.15) is 0 Å². The van der Waals surface area contributed by atoms with Crippen molar-refractivity contribution in [3.8, 4) is 0 Å². The number of nitrogens with two attached hydrogens (primary N) is 1. The zero-order valence-electron chi connectivity index (χ0n) is 7.03. The molecular formula is C9H12BrN. The van der Waals surface area contributed by atoms with Gasteiger partial charge >= 0.3 is 0 Å². The Labute approximate surface area is 75.7 Å². The molecule has 0 amide bonds. The summed E-state index contributed by atoms with van der Waals surface area (Å²) in [5.41, 5.74) is 10.4. The molecule has 1 aromatic carbocycles. The van der Waals surface area contributed by atoms with Crippen molar-refractivity contribution in [1.29, 1.82) is 0 Å². The van der Waals surface area contributed by atoms with E-state index in [4.69, 9.17) is 5.73 Å². The van der Waals surface area contributed by atoms with Gasteiger partial charge in [0, 0.05) is 10.2 Å². The summed E-state index contributed by atoms with van der Waals surface area (Å²) in [6.45, 7) is 6.22. The summed E-state index contributed by atoms with van der Waals surface area (Å²) >= 11 is 3.41. The number of rotatable bonds is 0. The summed E-state index contributed by atoms with van der Waals surface area (Å²) in [7, 11) is 0. The lowest BCUT2D eigenvalue weighted by Gasteiger charge is -2.09. The average Bonchev–Trinajstić information content (AvgIpc) is 1.97. The normalized spacial score (nSPS) is 10.2. The monoisotopic (exact) mass is 213 g/mol. The smallest absolute Gasteiger partial charge is 0.0491 e. The quantitative estimate of drug-likeness (QED) is 0.660. The first-order chi connectivity index (χ1) is 5.04. The number of hydrogen-bond donors (Lipinski definition) is 1. The van der Waals surface area contributed by atoms with Crippen molar-refractivity contribution in [2.24, 2.45) is 0 Å². The molecule has 0 saturated carbocycles. The lowest BCUT2D eigenvalue weighted by atomic mass is 10.0. The molecule has 0 saturated heterocycles. The number of hydrogen-bond acceptors (Lipinski definition) is 1. The Morgan fingerprint density at radius 2 is 1.73 bits per heavy atom. The van der Waals surface area contributed by atoms with Gasteiger partial charge in [-0.15, -0.1) is 0 Å². The number of nitrogen functional groups attached to an aromatic ring is 1. The maximum atomic E-state index is 5.80. The first-order valence-corrected chi connectivity index (χ1v) is 4.35. The number of anilines is 1. The van der Waals surface area contributed by atoms with E-state index in [2.05, 4.69) is 35.8 Å². The molecule has 2 heteroatoms. The average molecular weight is 214 g/mol. The first-order valence-electron chi connectivity index (χ1n) is 3.56. The summed E-state index contributed by atoms with van der Waals surface area (Å²) < 4.78 is 0.998. The molecule has 0 radical (unpaired) electrons. The van der Waals surface area contributed by atoms with Crippen molar-refractivity contribution in [2.75, 3.05) is 5.73 Å². The Hall–Kier alpha value is -0.500. The third kappa shape index (κ3) is 1.41. The van der Waals surface area contributed by atoms with E-state index >= 15 is 0 Å². The van der Waals surface area contributed by atoms with Crippen LogP contribution in [0.1, 0.15) is 16.7 Å². The van der Waals surface area contributed by atoms with E-state index in [-0.39, 0.29) is 0 Å². The van der Waals surface area contributed by atoms with Crippen molar-refractivity contribution >= 4 is 21.6 Å². The van der Waals surface area contributed by atoms with Gasteiger partial charge in [0.1, 0.15) is 0 Å². The molecule has 1 rings (SSSR count). The maximum absolute atomic E-state index is 5.80. The maximum Gasteiger partial charge on any atom is 0.0491 e.